The van der Waals surface area contributed by atoms with Gasteiger partial charge in [0.25, 0.3) is 0 Å². The van der Waals surface area contributed by atoms with Gasteiger partial charge in [-0.15, -0.1) is 0 Å². The number of aromatic amines is 2. The Kier molecular flexibility index (Phi) is 4.88. The monoisotopic (exact) mass is 423 g/mol. The van der Waals surface area contributed by atoms with Gasteiger partial charge in [-0.3, -0.25) is 15.1 Å². The standard InChI is InChI=1S/C25H25N7/c1-2-6-16(5-1)11-26-12-17-9-18(14-27-13-17)22-10-19-23(15-28-22)31-32-24(19)25-29-20-7-3-4-8-21(20)30-25/h3-4,7-10,13-16,26H,1-2,5-6,11-12H2,(H,29,30)(H,31,32). The van der Waals surface area contributed by atoms with Crippen molar-refractivity contribution in [2.24, 2.45) is 5.92 Å². The second-order valence-corrected chi connectivity index (χ2v) is 8.65. The van der Waals surface area contributed by atoms with Crippen LogP contribution in [0.4, 0.5) is 0 Å². The molecule has 7 nitrogen and oxygen atoms in total. The van der Waals surface area contributed by atoms with E-state index in [1.807, 2.05) is 42.9 Å². The Morgan fingerprint density at radius 2 is 1.91 bits per heavy atom. The first kappa shape index (κ1) is 19.1. The third-order valence-corrected chi connectivity index (χ3v) is 6.39. The Bertz CT molecular complexity index is 1340. The Labute approximate surface area is 185 Å². The Hall–Kier alpha value is -3.58. The number of hydrogen-bond donors (Lipinski definition) is 3. The quantitative estimate of drug-likeness (QED) is 0.363. The highest BCUT2D eigenvalue weighted by Gasteiger charge is 2.15. The lowest BCUT2D eigenvalue weighted by atomic mass is 10.1. The molecule has 7 heteroatoms. The number of benzene rings is 1. The molecular weight excluding hydrogens is 398 g/mol. The summed E-state index contributed by atoms with van der Waals surface area (Å²) in [4.78, 5) is 17.2. The number of fused-ring (bicyclic) bond motifs is 2. The Morgan fingerprint density at radius 3 is 2.81 bits per heavy atom. The molecule has 0 saturated heterocycles. The third-order valence-electron chi connectivity index (χ3n) is 6.39. The average Bonchev–Trinajstić information content (AvgIpc) is 3.58. The van der Waals surface area contributed by atoms with Crippen LogP contribution < -0.4 is 5.32 Å². The fraction of sp³-hybridized carbons (Fsp3) is 0.280. The lowest BCUT2D eigenvalue weighted by Crippen LogP contribution is -2.20. The van der Waals surface area contributed by atoms with Crippen molar-refractivity contribution in [2.75, 3.05) is 6.54 Å². The van der Waals surface area contributed by atoms with Gasteiger partial charge in [-0.1, -0.05) is 25.0 Å². The van der Waals surface area contributed by atoms with E-state index < -0.39 is 0 Å². The molecule has 1 saturated carbocycles. The van der Waals surface area contributed by atoms with Crippen LogP contribution >= 0.6 is 0 Å². The van der Waals surface area contributed by atoms with Crippen LogP contribution in [0.5, 0.6) is 0 Å². The van der Waals surface area contributed by atoms with Crippen LogP contribution in [0.2, 0.25) is 0 Å². The van der Waals surface area contributed by atoms with Crippen LogP contribution in [0.25, 0.3) is 44.7 Å². The highest BCUT2D eigenvalue weighted by Crippen LogP contribution is 2.29. The largest absolute Gasteiger partial charge is 0.337 e. The first-order chi connectivity index (χ1) is 15.8. The Morgan fingerprint density at radius 1 is 1.00 bits per heavy atom. The normalized spacial score (nSPS) is 14.6. The zero-order valence-corrected chi connectivity index (χ0v) is 17.8. The third kappa shape index (κ3) is 3.65. The topological polar surface area (TPSA) is 95.2 Å². The second kappa shape index (κ2) is 8.16. The molecule has 4 heterocycles. The van der Waals surface area contributed by atoms with Gasteiger partial charge in [0.2, 0.25) is 0 Å². The number of H-pyrrole nitrogens is 2. The summed E-state index contributed by atoms with van der Waals surface area (Å²) in [6.07, 6.45) is 11.1. The molecule has 6 rings (SSSR count). The van der Waals surface area contributed by atoms with Crippen molar-refractivity contribution >= 4 is 21.9 Å². The van der Waals surface area contributed by atoms with Gasteiger partial charge in [-0.25, -0.2) is 4.98 Å². The van der Waals surface area contributed by atoms with Crippen molar-refractivity contribution < 1.29 is 0 Å². The minimum atomic E-state index is 0.748. The van der Waals surface area contributed by atoms with E-state index in [0.717, 1.165) is 63.7 Å². The number of nitrogens with one attached hydrogen (secondary N) is 3. The van der Waals surface area contributed by atoms with Crippen molar-refractivity contribution in [2.45, 2.75) is 32.2 Å². The van der Waals surface area contributed by atoms with Crippen molar-refractivity contribution in [3.63, 3.8) is 0 Å². The molecule has 0 atom stereocenters. The van der Waals surface area contributed by atoms with Crippen LogP contribution in [0, 0.1) is 5.92 Å². The number of aromatic nitrogens is 6. The fourth-order valence-corrected chi connectivity index (χ4v) is 4.68. The minimum Gasteiger partial charge on any atom is -0.337 e. The van der Waals surface area contributed by atoms with E-state index in [4.69, 9.17) is 4.98 Å². The van der Waals surface area contributed by atoms with E-state index in [1.54, 1.807) is 0 Å². The van der Waals surface area contributed by atoms with Gasteiger partial charge in [0.1, 0.15) is 5.69 Å². The molecule has 1 aromatic carbocycles. The summed E-state index contributed by atoms with van der Waals surface area (Å²) in [6, 6.07) is 12.2. The molecule has 1 fully saturated rings. The fourth-order valence-electron chi connectivity index (χ4n) is 4.68. The lowest BCUT2D eigenvalue weighted by Gasteiger charge is -2.11. The van der Waals surface area contributed by atoms with E-state index in [2.05, 4.69) is 42.6 Å². The van der Waals surface area contributed by atoms with Crippen LogP contribution in [-0.4, -0.2) is 36.7 Å². The second-order valence-electron chi connectivity index (χ2n) is 8.65. The van der Waals surface area contributed by atoms with Gasteiger partial charge in [0.15, 0.2) is 5.82 Å². The zero-order valence-electron chi connectivity index (χ0n) is 17.8. The van der Waals surface area contributed by atoms with Crippen LogP contribution in [0.15, 0.2) is 55.0 Å². The molecule has 4 aromatic heterocycles. The van der Waals surface area contributed by atoms with Crippen LogP contribution in [-0.2, 0) is 6.54 Å². The number of pyridine rings is 2. The lowest BCUT2D eigenvalue weighted by molar-refractivity contribution is 0.489. The first-order valence-electron chi connectivity index (χ1n) is 11.3. The van der Waals surface area contributed by atoms with Gasteiger partial charge in [-0.05, 0) is 55.1 Å². The highest BCUT2D eigenvalue weighted by atomic mass is 15.1. The van der Waals surface area contributed by atoms with E-state index in [-0.39, 0.29) is 0 Å². The summed E-state index contributed by atoms with van der Waals surface area (Å²) in [5.74, 6) is 1.57. The molecular formula is C25H25N7. The predicted molar refractivity (Wildman–Crippen MR) is 126 cm³/mol. The van der Waals surface area contributed by atoms with E-state index in [1.165, 1.54) is 31.2 Å². The van der Waals surface area contributed by atoms with E-state index >= 15 is 0 Å². The van der Waals surface area contributed by atoms with Crippen molar-refractivity contribution in [3.8, 4) is 22.8 Å². The molecule has 160 valence electrons. The van der Waals surface area contributed by atoms with Gasteiger partial charge >= 0.3 is 0 Å². The number of nitrogens with zero attached hydrogens (tertiary/aromatic N) is 4. The average molecular weight is 424 g/mol. The van der Waals surface area contributed by atoms with Gasteiger partial charge in [-0.2, -0.15) is 5.10 Å². The molecule has 0 unspecified atom stereocenters. The van der Waals surface area contributed by atoms with Crippen LogP contribution in [0.1, 0.15) is 31.2 Å². The molecule has 0 aliphatic heterocycles. The Balaban J connectivity index is 1.28. The minimum absolute atomic E-state index is 0.748. The summed E-state index contributed by atoms with van der Waals surface area (Å²) in [5.41, 5.74) is 6.65. The molecule has 32 heavy (non-hydrogen) atoms. The predicted octanol–water partition coefficient (Wildman–Crippen LogP) is 4.84. The summed E-state index contributed by atoms with van der Waals surface area (Å²) in [7, 11) is 0. The number of imidazole rings is 1. The molecule has 5 aromatic rings. The van der Waals surface area contributed by atoms with Crippen molar-refractivity contribution in [1.82, 2.24) is 35.5 Å². The maximum Gasteiger partial charge on any atom is 0.159 e. The smallest absolute Gasteiger partial charge is 0.159 e. The summed E-state index contributed by atoms with van der Waals surface area (Å²) in [5, 5.41) is 12.2. The van der Waals surface area contributed by atoms with Gasteiger partial charge in [0.05, 0.1) is 28.4 Å². The van der Waals surface area contributed by atoms with E-state index in [0.29, 0.717) is 0 Å². The van der Waals surface area contributed by atoms with Gasteiger partial charge in [0, 0.05) is 29.9 Å². The highest BCUT2D eigenvalue weighted by molar-refractivity contribution is 5.94. The molecule has 3 N–H and O–H groups in total. The van der Waals surface area contributed by atoms with Crippen molar-refractivity contribution in [1.29, 1.82) is 0 Å². The number of rotatable bonds is 6. The van der Waals surface area contributed by atoms with Gasteiger partial charge < -0.3 is 10.3 Å². The summed E-state index contributed by atoms with van der Waals surface area (Å²) in [6.45, 7) is 1.92. The van der Waals surface area contributed by atoms with Crippen LogP contribution in [0.3, 0.4) is 0 Å². The molecule has 0 amide bonds. The number of hydrogen-bond acceptors (Lipinski definition) is 5. The molecule has 1 aliphatic rings. The summed E-state index contributed by atoms with van der Waals surface area (Å²) >= 11 is 0. The molecule has 1 aliphatic carbocycles. The zero-order chi connectivity index (χ0) is 21.3. The maximum absolute atomic E-state index is 4.71. The molecule has 0 radical (unpaired) electrons. The van der Waals surface area contributed by atoms with Crippen molar-refractivity contribution in [3.05, 3.63) is 60.6 Å². The SMILES string of the molecule is c1ccc2[nH]c(-c3n[nH]c4cnc(-c5cncc(CNCC6CCCC6)c5)cc34)nc2c1. The molecule has 0 bridgehead atoms. The number of para-hydroxylation sites is 2. The summed E-state index contributed by atoms with van der Waals surface area (Å²) < 4.78 is 0. The molecule has 0 spiro atoms. The van der Waals surface area contributed by atoms with E-state index in [9.17, 15) is 0 Å². The first-order valence-corrected chi connectivity index (χ1v) is 11.3. The maximum atomic E-state index is 4.71.